The Bertz CT molecular complexity index is 120. The summed E-state index contributed by atoms with van der Waals surface area (Å²) in [6, 6.07) is 0.234. The van der Waals surface area contributed by atoms with E-state index in [0.29, 0.717) is 0 Å². The molecule has 0 bridgehead atoms. The van der Waals surface area contributed by atoms with E-state index in [-0.39, 0.29) is 6.04 Å². The second-order valence-corrected chi connectivity index (χ2v) is 3.79. The lowest BCUT2D eigenvalue weighted by Crippen LogP contribution is -2.37. The van der Waals surface area contributed by atoms with Gasteiger partial charge in [-0.2, -0.15) is 0 Å². The highest BCUT2D eigenvalue weighted by molar-refractivity contribution is 4.65. The van der Waals surface area contributed by atoms with Crippen LogP contribution in [0.4, 0.5) is 0 Å². The van der Waals surface area contributed by atoms with Gasteiger partial charge in [-0.05, 0) is 38.9 Å². The van der Waals surface area contributed by atoms with Crippen LogP contribution < -0.4 is 27.8 Å². The minimum atomic E-state index is 0.234. The first-order valence-corrected chi connectivity index (χ1v) is 5.88. The van der Waals surface area contributed by atoms with Gasteiger partial charge in [0.05, 0.1) is 0 Å². The number of hydrogen-bond donors (Lipinski definition) is 5. The molecule has 0 aliphatic carbocycles. The minimum absolute atomic E-state index is 0.234. The molecule has 8 N–H and O–H groups in total. The molecule has 0 saturated heterocycles. The van der Waals surface area contributed by atoms with E-state index in [0.717, 1.165) is 58.5 Å². The van der Waals surface area contributed by atoms with E-state index in [1.165, 1.54) is 0 Å². The average molecular weight is 217 g/mol. The Hall–Kier alpha value is -0.200. The Labute approximate surface area is 93.1 Å². The molecule has 0 aliphatic rings. The third-order valence-corrected chi connectivity index (χ3v) is 2.22. The second-order valence-electron chi connectivity index (χ2n) is 3.79. The van der Waals surface area contributed by atoms with Crippen LogP contribution in [-0.2, 0) is 0 Å². The molecular weight excluding hydrogens is 190 g/mol. The molecule has 92 valence electrons. The van der Waals surface area contributed by atoms with E-state index in [2.05, 4.69) is 10.6 Å². The van der Waals surface area contributed by atoms with Crippen molar-refractivity contribution >= 4 is 0 Å². The molecule has 15 heavy (non-hydrogen) atoms. The normalized spacial score (nSPS) is 13.0. The Morgan fingerprint density at radius 3 is 2.20 bits per heavy atom. The zero-order chi connectivity index (χ0) is 11.4. The van der Waals surface area contributed by atoms with E-state index < -0.39 is 0 Å². The number of nitrogens with one attached hydrogen (secondary N) is 2. The van der Waals surface area contributed by atoms with Gasteiger partial charge in [-0.1, -0.05) is 0 Å². The first kappa shape index (κ1) is 14.8. The Morgan fingerprint density at radius 2 is 1.53 bits per heavy atom. The molecule has 5 nitrogen and oxygen atoms in total. The van der Waals surface area contributed by atoms with Crippen LogP contribution in [0.5, 0.6) is 0 Å². The highest BCUT2D eigenvalue weighted by Crippen LogP contribution is 1.90. The fourth-order valence-electron chi connectivity index (χ4n) is 1.30. The van der Waals surface area contributed by atoms with Crippen molar-refractivity contribution in [2.24, 2.45) is 17.2 Å². The van der Waals surface area contributed by atoms with E-state index >= 15 is 0 Å². The first-order chi connectivity index (χ1) is 7.31. The van der Waals surface area contributed by atoms with Crippen LogP contribution in [0.3, 0.4) is 0 Å². The number of nitrogens with two attached hydrogens (primary N) is 3. The van der Waals surface area contributed by atoms with Gasteiger partial charge in [0.25, 0.3) is 0 Å². The van der Waals surface area contributed by atoms with Crippen LogP contribution in [0.25, 0.3) is 0 Å². The van der Waals surface area contributed by atoms with E-state index in [1.54, 1.807) is 0 Å². The van der Waals surface area contributed by atoms with Crippen LogP contribution in [0.1, 0.15) is 19.3 Å². The minimum Gasteiger partial charge on any atom is -0.330 e. The standard InChI is InChI=1S/C10H27N5/c11-4-1-3-10(13)9-15-8-7-14-6-2-5-12/h10,14-15H,1-9,11-13H2. The van der Waals surface area contributed by atoms with Gasteiger partial charge < -0.3 is 27.8 Å². The van der Waals surface area contributed by atoms with E-state index in [1.807, 2.05) is 0 Å². The smallest absolute Gasteiger partial charge is 0.0165 e. The van der Waals surface area contributed by atoms with Gasteiger partial charge >= 0.3 is 0 Å². The summed E-state index contributed by atoms with van der Waals surface area (Å²) in [5.74, 6) is 0. The molecule has 5 heteroatoms. The van der Waals surface area contributed by atoms with Crippen LogP contribution in [0.2, 0.25) is 0 Å². The largest absolute Gasteiger partial charge is 0.330 e. The summed E-state index contributed by atoms with van der Waals surface area (Å²) >= 11 is 0. The molecule has 0 amide bonds. The number of rotatable bonds is 11. The molecule has 0 aromatic heterocycles. The summed E-state index contributed by atoms with van der Waals surface area (Å²) < 4.78 is 0. The van der Waals surface area contributed by atoms with Crippen LogP contribution >= 0.6 is 0 Å². The predicted molar refractivity (Wildman–Crippen MR) is 65.7 cm³/mol. The third kappa shape index (κ3) is 11.7. The van der Waals surface area contributed by atoms with Crippen molar-refractivity contribution in [1.82, 2.24) is 10.6 Å². The number of hydrogen-bond acceptors (Lipinski definition) is 5. The van der Waals surface area contributed by atoms with Crippen molar-refractivity contribution in [2.75, 3.05) is 39.3 Å². The van der Waals surface area contributed by atoms with Crippen molar-refractivity contribution in [3.8, 4) is 0 Å². The molecule has 0 radical (unpaired) electrons. The lowest BCUT2D eigenvalue weighted by atomic mass is 10.2. The maximum atomic E-state index is 5.87. The highest BCUT2D eigenvalue weighted by atomic mass is 15.0. The summed E-state index contributed by atoms with van der Waals surface area (Å²) in [6.45, 7) is 5.29. The van der Waals surface area contributed by atoms with Crippen molar-refractivity contribution in [1.29, 1.82) is 0 Å². The molecule has 0 aromatic rings. The lowest BCUT2D eigenvalue weighted by Gasteiger charge is -2.12. The Morgan fingerprint density at radius 1 is 0.867 bits per heavy atom. The van der Waals surface area contributed by atoms with Gasteiger partial charge in [0, 0.05) is 25.7 Å². The Kier molecular flexibility index (Phi) is 11.7. The Balaban J connectivity index is 3.02. The van der Waals surface area contributed by atoms with Gasteiger partial charge in [-0.25, -0.2) is 0 Å². The lowest BCUT2D eigenvalue weighted by molar-refractivity contribution is 0.520. The summed E-state index contributed by atoms with van der Waals surface area (Å²) in [5.41, 5.74) is 16.6. The summed E-state index contributed by atoms with van der Waals surface area (Å²) in [7, 11) is 0. The fraction of sp³-hybridized carbons (Fsp3) is 1.00. The van der Waals surface area contributed by atoms with Gasteiger partial charge in [-0.15, -0.1) is 0 Å². The molecule has 0 spiro atoms. The topological polar surface area (TPSA) is 102 Å². The van der Waals surface area contributed by atoms with Gasteiger partial charge in [0.15, 0.2) is 0 Å². The quantitative estimate of drug-likeness (QED) is 0.273. The maximum Gasteiger partial charge on any atom is 0.0165 e. The summed E-state index contributed by atoms with van der Waals surface area (Å²) in [5, 5.41) is 6.61. The fourth-order valence-corrected chi connectivity index (χ4v) is 1.30. The molecule has 0 aromatic carbocycles. The van der Waals surface area contributed by atoms with Crippen molar-refractivity contribution in [3.63, 3.8) is 0 Å². The molecule has 0 fully saturated rings. The SMILES string of the molecule is NCCCNCCNCC(N)CCCN. The van der Waals surface area contributed by atoms with E-state index in [4.69, 9.17) is 17.2 Å². The summed E-state index contributed by atoms with van der Waals surface area (Å²) in [6.07, 6.45) is 3.05. The summed E-state index contributed by atoms with van der Waals surface area (Å²) in [4.78, 5) is 0. The van der Waals surface area contributed by atoms with Crippen molar-refractivity contribution in [2.45, 2.75) is 25.3 Å². The van der Waals surface area contributed by atoms with Crippen LogP contribution in [0, 0.1) is 0 Å². The van der Waals surface area contributed by atoms with Crippen molar-refractivity contribution < 1.29 is 0 Å². The van der Waals surface area contributed by atoms with Crippen LogP contribution in [-0.4, -0.2) is 45.3 Å². The molecule has 0 heterocycles. The monoisotopic (exact) mass is 217 g/mol. The zero-order valence-corrected chi connectivity index (χ0v) is 9.67. The maximum absolute atomic E-state index is 5.87. The molecule has 0 saturated carbocycles. The third-order valence-electron chi connectivity index (χ3n) is 2.22. The predicted octanol–water partition coefficient (Wildman–Crippen LogP) is -1.42. The molecule has 0 aliphatic heterocycles. The zero-order valence-electron chi connectivity index (χ0n) is 9.67. The van der Waals surface area contributed by atoms with Crippen molar-refractivity contribution in [3.05, 3.63) is 0 Å². The van der Waals surface area contributed by atoms with Gasteiger partial charge in [0.1, 0.15) is 0 Å². The first-order valence-electron chi connectivity index (χ1n) is 5.88. The second kappa shape index (κ2) is 11.9. The molecule has 1 atom stereocenters. The molecule has 1 unspecified atom stereocenters. The average Bonchev–Trinajstić information content (AvgIpc) is 2.25. The van der Waals surface area contributed by atoms with Gasteiger partial charge in [0.2, 0.25) is 0 Å². The van der Waals surface area contributed by atoms with Crippen LogP contribution in [0.15, 0.2) is 0 Å². The molecule has 0 rings (SSSR count). The highest BCUT2D eigenvalue weighted by Gasteiger charge is 1.99. The molecular formula is C10H27N5. The van der Waals surface area contributed by atoms with Gasteiger partial charge in [-0.3, -0.25) is 0 Å². The van der Waals surface area contributed by atoms with E-state index in [9.17, 15) is 0 Å².